The molecule has 4 aromatic rings. The molecular weight excluding hydrogens is 432 g/mol. The van der Waals surface area contributed by atoms with Crippen molar-refractivity contribution in [1.29, 1.82) is 0 Å². The van der Waals surface area contributed by atoms with E-state index in [-0.39, 0.29) is 0 Å². The van der Waals surface area contributed by atoms with Gasteiger partial charge in [0.25, 0.3) is 0 Å². The van der Waals surface area contributed by atoms with E-state index in [2.05, 4.69) is 47.4 Å². The van der Waals surface area contributed by atoms with E-state index in [0.717, 1.165) is 59.6 Å². The Balaban J connectivity index is 1.41. The molecular formula is C28H25ClN2O2. The van der Waals surface area contributed by atoms with Gasteiger partial charge in [0.2, 0.25) is 0 Å². The number of morpholine rings is 1. The molecule has 0 unspecified atom stereocenters. The molecule has 0 amide bonds. The fraction of sp³-hybridized carbons (Fsp3) is 0.179. The van der Waals surface area contributed by atoms with E-state index >= 15 is 0 Å². The van der Waals surface area contributed by atoms with Crippen LogP contribution in [0.1, 0.15) is 11.1 Å². The Labute approximate surface area is 199 Å². The predicted molar refractivity (Wildman–Crippen MR) is 136 cm³/mol. The number of anilines is 1. The Morgan fingerprint density at radius 1 is 0.879 bits per heavy atom. The second kappa shape index (κ2) is 10.1. The molecule has 4 aromatic carbocycles. The summed E-state index contributed by atoms with van der Waals surface area (Å²) in [6, 6.07) is 28.4. The van der Waals surface area contributed by atoms with Gasteiger partial charge in [-0.25, -0.2) is 0 Å². The highest BCUT2D eigenvalue weighted by Crippen LogP contribution is 2.29. The molecule has 1 aliphatic heterocycles. The Morgan fingerprint density at radius 3 is 2.45 bits per heavy atom. The zero-order valence-corrected chi connectivity index (χ0v) is 19.0. The molecule has 0 aromatic heterocycles. The van der Waals surface area contributed by atoms with E-state index in [1.165, 1.54) is 5.69 Å². The summed E-state index contributed by atoms with van der Waals surface area (Å²) in [5, 5.41) is 2.95. The molecule has 33 heavy (non-hydrogen) atoms. The zero-order valence-electron chi connectivity index (χ0n) is 18.3. The van der Waals surface area contributed by atoms with Crippen molar-refractivity contribution >= 4 is 40.0 Å². The summed E-state index contributed by atoms with van der Waals surface area (Å²) >= 11 is 6.32. The van der Waals surface area contributed by atoms with Crippen molar-refractivity contribution in [3.63, 3.8) is 0 Å². The average Bonchev–Trinajstić information content (AvgIpc) is 2.88. The molecule has 166 valence electrons. The SMILES string of the molecule is Clc1ccccc1COc1ccc2ccccc2c1C=Nc1ccc(N2CCOCC2)cc1. The van der Waals surface area contributed by atoms with Crippen molar-refractivity contribution < 1.29 is 9.47 Å². The third-order valence-corrected chi connectivity index (χ3v) is 6.21. The fourth-order valence-electron chi connectivity index (χ4n) is 4.02. The lowest BCUT2D eigenvalue weighted by atomic mass is 10.0. The van der Waals surface area contributed by atoms with Crippen LogP contribution in [-0.2, 0) is 11.3 Å². The van der Waals surface area contributed by atoms with Crippen molar-refractivity contribution in [3.8, 4) is 5.75 Å². The van der Waals surface area contributed by atoms with E-state index in [1.54, 1.807) is 0 Å². The number of hydrogen-bond donors (Lipinski definition) is 0. The van der Waals surface area contributed by atoms with Crippen molar-refractivity contribution in [2.24, 2.45) is 4.99 Å². The van der Waals surface area contributed by atoms with Crippen LogP contribution in [-0.4, -0.2) is 32.5 Å². The largest absolute Gasteiger partial charge is 0.488 e. The van der Waals surface area contributed by atoms with E-state index in [4.69, 9.17) is 26.1 Å². The molecule has 0 atom stereocenters. The molecule has 0 saturated carbocycles. The molecule has 0 radical (unpaired) electrons. The van der Waals surface area contributed by atoms with E-state index in [1.807, 2.05) is 48.7 Å². The third-order valence-electron chi connectivity index (χ3n) is 5.84. The maximum Gasteiger partial charge on any atom is 0.129 e. The molecule has 5 rings (SSSR count). The number of benzene rings is 4. The average molecular weight is 457 g/mol. The number of nitrogens with zero attached hydrogens (tertiary/aromatic N) is 2. The Hall–Kier alpha value is -3.34. The van der Waals surface area contributed by atoms with Gasteiger partial charge in [-0.1, -0.05) is 60.1 Å². The van der Waals surface area contributed by atoms with Gasteiger partial charge in [-0.3, -0.25) is 4.99 Å². The first kappa shape index (κ1) is 21.5. The molecule has 0 aliphatic carbocycles. The number of fused-ring (bicyclic) bond motifs is 1. The summed E-state index contributed by atoms with van der Waals surface area (Å²) in [5.74, 6) is 0.780. The number of aliphatic imine (C=N–C) groups is 1. The second-order valence-electron chi connectivity index (χ2n) is 7.95. The highest BCUT2D eigenvalue weighted by atomic mass is 35.5. The normalized spacial score (nSPS) is 14.2. The van der Waals surface area contributed by atoms with Gasteiger partial charge < -0.3 is 14.4 Å². The number of halogens is 1. The lowest BCUT2D eigenvalue weighted by Crippen LogP contribution is -2.36. The first-order valence-electron chi connectivity index (χ1n) is 11.1. The van der Waals surface area contributed by atoms with Gasteiger partial charge in [0, 0.05) is 41.1 Å². The van der Waals surface area contributed by atoms with Gasteiger partial charge in [-0.05, 0) is 47.2 Å². The monoisotopic (exact) mass is 456 g/mol. The number of hydrogen-bond acceptors (Lipinski definition) is 4. The minimum atomic E-state index is 0.396. The van der Waals surface area contributed by atoms with Gasteiger partial charge >= 0.3 is 0 Å². The summed E-state index contributed by atoms with van der Waals surface area (Å²) in [7, 11) is 0. The number of ether oxygens (including phenoxy) is 2. The van der Waals surface area contributed by atoms with Gasteiger partial charge in [0.05, 0.1) is 18.9 Å². The summed E-state index contributed by atoms with van der Waals surface area (Å²) in [5.41, 5.74) is 4.01. The van der Waals surface area contributed by atoms with Crippen molar-refractivity contribution in [1.82, 2.24) is 0 Å². The third kappa shape index (κ3) is 5.03. The van der Waals surface area contributed by atoms with E-state index in [9.17, 15) is 0 Å². The summed E-state index contributed by atoms with van der Waals surface area (Å²) in [6.07, 6.45) is 1.90. The van der Waals surface area contributed by atoms with Crippen LogP contribution in [0.25, 0.3) is 10.8 Å². The fourth-order valence-corrected chi connectivity index (χ4v) is 4.21. The highest BCUT2D eigenvalue weighted by molar-refractivity contribution is 6.31. The molecule has 0 bridgehead atoms. The molecule has 1 saturated heterocycles. The molecule has 0 N–H and O–H groups in total. The molecule has 1 fully saturated rings. The van der Waals surface area contributed by atoms with Crippen LogP contribution >= 0.6 is 11.6 Å². The highest BCUT2D eigenvalue weighted by Gasteiger charge is 2.11. The molecule has 1 aliphatic rings. The van der Waals surface area contributed by atoms with Crippen LogP contribution in [0.4, 0.5) is 11.4 Å². The van der Waals surface area contributed by atoms with Crippen molar-refractivity contribution in [2.75, 3.05) is 31.2 Å². The van der Waals surface area contributed by atoms with Crippen LogP contribution in [0.5, 0.6) is 5.75 Å². The molecule has 5 heteroatoms. The van der Waals surface area contributed by atoms with E-state index < -0.39 is 0 Å². The van der Waals surface area contributed by atoms with Crippen molar-refractivity contribution in [2.45, 2.75) is 6.61 Å². The van der Waals surface area contributed by atoms with Crippen LogP contribution in [0.15, 0.2) is 89.9 Å². The van der Waals surface area contributed by atoms with Crippen LogP contribution in [0.3, 0.4) is 0 Å². The summed E-state index contributed by atoms with van der Waals surface area (Å²) < 4.78 is 11.7. The minimum Gasteiger partial charge on any atom is -0.488 e. The van der Waals surface area contributed by atoms with Crippen LogP contribution in [0, 0.1) is 0 Å². The first-order chi connectivity index (χ1) is 16.3. The van der Waals surface area contributed by atoms with E-state index in [0.29, 0.717) is 11.6 Å². The first-order valence-corrected chi connectivity index (χ1v) is 11.5. The molecule has 0 spiro atoms. The second-order valence-corrected chi connectivity index (χ2v) is 8.36. The van der Waals surface area contributed by atoms with Crippen molar-refractivity contribution in [3.05, 3.63) is 101 Å². The summed E-state index contributed by atoms with van der Waals surface area (Å²) in [4.78, 5) is 7.11. The van der Waals surface area contributed by atoms with Gasteiger partial charge in [0.15, 0.2) is 0 Å². The molecule has 1 heterocycles. The maximum atomic E-state index is 6.32. The number of rotatable bonds is 6. The van der Waals surface area contributed by atoms with Crippen LogP contribution < -0.4 is 9.64 Å². The quantitative estimate of drug-likeness (QED) is 0.304. The zero-order chi connectivity index (χ0) is 22.5. The summed E-state index contributed by atoms with van der Waals surface area (Å²) in [6.45, 7) is 3.79. The maximum absolute atomic E-state index is 6.32. The standard InChI is InChI=1S/C28H25ClN2O2/c29-27-8-4-2-6-22(27)20-33-28-14-9-21-5-1-3-7-25(21)26(28)19-30-23-10-12-24(13-11-23)31-15-17-32-18-16-31/h1-14,19H,15-18,20H2. The lowest BCUT2D eigenvalue weighted by molar-refractivity contribution is 0.122. The Bertz CT molecular complexity index is 1260. The molecule has 4 nitrogen and oxygen atoms in total. The Morgan fingerprint density at radius 2 is 1.64 bits per heavy atom. The topological polar surface area (TPSA) is 34.1 Å². The lowest BCUT2D eigenvalue weighted by Gasteiger charge is -2.28. The van der Waals surface area contributed by atoms with Crippen LogP contribution in [0.2, 0.25) is 5.02 Å². The van der Waals surface area contributed by atoms with Gasteiger partial charge in [-0.15, -0.1) is 0 Å². The van der Waals surface area contributed by atoms with Gasteiger partial charge in [0.1, 0.15) is 12.4 Å². The predicted octanol–water partition coefficient (Wildman–Crippen LogP) is 6.66. The minimum absolute atomic E-state index is 0.396. The smallest absolute Gasteiger partial charge is 0.129 e. The van der Waals surface area contributed by atoms with Gasteiger partial charge in [-0.2, -0.15) is 0 Å². The Kier molecular flexibility index (Phi) is 6.56.